The molecule has 2 aromatic rings. The molecule has 2 aliphatic heterocycles. The Morgan fingerprint density at radius 1 is 0.914 bits per heavy atom. The molecule has 3 aliphatic rings. The summed E-state index contributed by atoms with van der Waals surface area (Å²) in [5.74, 6) is 2.65. The first-order chi connectivity index (χ1) is 17.3. The smallest absolute Gasteiger partial charge is 0.184 e. The summed E-state index contributed by atoms with van der Waals surface area (Å²) < 4.78 is 26.4. The first kappa shape index (κ1) is 24.4. The zero-order chi connectivity index (χ0) is 23.9. The molecule has 0 aromatic heterocycles. The van der Waals surface area contributed by atoms with Crippen LogP contribution in [0.5, 0.6) is 11.5 Å². The average molecular weight is 482 g/mol. The van der Waals surface area contributed by atoms with E-state index in [1.54, 1.807) is 12.1 Å². The van der Waals surface area contributed by atoms with Crippen molar-refractivity contribution in [3.63, 3.8) is 0 Å². The number of anilines is 1. The third-order valence-electron chi connectivity index (χ3n) is 7.95. The number of hydrogen-bond acceptors (Lipinski definition) is 5. The number of halogens is 1. The van der Waals surface area contributed by atoms with E-state index in [1.165, 1.54) is 32.1 Å². The van der Waals surface area contributed by atoms with Crippen molar-refractivity contribution in [2.75, 3.05) is 63.9 Å². The summed E-state index contributed by atoms with van der Waals surface area (Å²) in [4.78, 5) is 4.93. The molecule has 1 unspecified atom stereocenters. The fourth-order valence-corrected chi connectivity index (χ4v) is 5.88. The molecule has 2 heterocycles. The average Bonchev–Trinajstić information content (AvgIpc) is 2.92. The lowest BCUT2D eigenvalue weighted by Crippen LogP contribution is -2.47. The molecule has 0 spiro atoms. The van der Waals surface area contributed by atoms with Gasteiger partial charge in [-0.25, -0.2) is 4.39 Å². The predicted molar refractivity (Wildman–Crippen MR) is 139 cm³/mol. The van der Waals surface area contributed by atoms with Gasteiger partial charge in [0.25, 0.3) is 0 Å². The van der Waals surface area contributed by atoms with Crippen molar-refractivity contribution in [3.8, 4) is 11.5 Å². The molecule has 2 aromatic carbocycles. The molecule has 1 atom stereocenters. The van der Waals surface area contributed by atoms with E-state index < -0.39 is 0 Å². The van der Waals surface area contributed by atoms with E-state index in [-0.39, 0.29) is 11.7 Å². The van der Waals surface area contributed by atoms with Crippen LogP contribution in [0.2, 0.25) is 0 Å². The summed E-state index contributed by atoms with van der Waals surface area (Å²) >= 11 is 0. The first-order valence-electron chi connectivity index (χ1n) is 13.6. The van der Waals surface area contributed by atoms with Crippen molar-refractivity contribution >= 4 is 5.69 Å². The Labute approximate surface area is 209 Å². The Morgan fingerprint density at radius 2 is 1.71 bits per heavy atom. The van der Waals surface area contributed by atoms with Gasteiger partial charge >= 0.3 is 0 Å². The minimum Gasteiger partial charge on any atom is -0.486 e. The Hall–Kier alpha value is -2.31. The van der Waals surface area contributed by atoms with Crippen LogP contribution >= 0.6 is 0 Å². The van der Waals surface area contributed by atoms with E-state index in [2.05, 4.69) is 27.2 Å². The van der Waals surface area contributed by atoms with Gasteiger partial charge in [-0.05, 0) is 62.0 Å². The fraction of sp³-hybridized carbons (Fsp3) is 0.586. The number of piperazine rings is 1. The highest BCUT2D eigenvalue weighted by molar-refractivity contribution is 5.65. The molecule has 190 valence electrons. The van der Waals surface area contributed by atoms with Crippen molar-refractivity contribution < 1.29 is 13.9 Å². The molecule has 1 N–H and O–H groups in total. The molecule has 1 aliphatic carbocycles. The number of rotatable bonds is 9. The molecular formula is C29H40FN3O2. The van der Waals surface area contributed by atoms with Gasteiger partial charge < -0.3 is 19.7 Å². The number of nitrogens with zero attached hydrogens (tertiary/aromatic N) is 2. The van der Waals surface area contributed by atoms with Crippen molar-refractivity contribution in [1.29, 1.82) is 0 Å². The van der Waals surface area contributed by atoms with Gasteiger partial charge in [0.2, 0.25) is 0 Å². The maximum Gasteiger partial charge on any atom is 0.184 e. The van der Waals surface area contributed by atoms with Crippen LogP contribution in [-0.4, -0.2) is 63.9 Å². The van der Waals surface area contributed by atoms with Crippen LogP contribution in [0, 0.1) is 11.7 Å². The van der Waals surface area contributed by atoms with Gasteiger partial charge in [-0.1, -0.05) is 43.5 Å². The summed E-state index contributed by atoms with van der Waals surface area (Å²) in [5, 5.41) is 3.71. The van der Waals surface area contributed by atoms with Gasteiger partial charge in [0.15, 0.2) is 11.5 Å². The maximum atomic E-state index is 14.7. The number of nitrogens with one attached hydrogen (secondary N) is 1. The summed E-state index contributed by atoms with van der Waals surface area (Å²) in [6, 6.07) is 13.5. The lowest BCUT2D eigenvalue weighted by molar-refractivity contribution is 0.171. The minimum absolute atomic E-state index is 0.0714. The van der Waals surface area contributed by atoms with E-state index in [4.69, 9.17) is 9.47 Å². The maximum absolute atomic E-state index is 14.7. The van der Waals surface area contributed by atoms with Gasteiger partial charge in [0.1, 0.15) is 19.0 Å². The fourth-order valence-electron chi connectivity index (χ4n) is 5.88. The predicted octanol–water partition coefficient (Wildman–Crippen LogP) is 5.06. The van der Waals surface area contributed by atoms with Crippen LogP contribution in [0.4, 0.5) is 10.1 Å². The number of fused-ring (bicyclic) bond motifs is 1. The third-order valence-corrected chi connectivity index (χ3v) is 7.95. The van der Waals surface area contributed by atoms with Crippen LogP contribution in [0.3, 0.4) is 0 Å². The zero-order valence-electron chi connectivity index (χ0n) is 20.9. The molecule has 1 saturated heterocycles. The van der Waals surface area contributed by atoms with Gasteiger partial charge in [-0.3, -0.25) is 4.90 Å². The molecule has 6 heteroatoms. The van der Waals surface area contributed by atoms with E-state index in [9.17, 15) is 4.39 Å². The molecule has 0 radical (unpaired) electrons. The SMILES string of the molecule is Fc1ccccc1C(CCN1CCN(c2cccc3c2OCCO3)CC1)CNCC1CCCCC1. The van der Waals surface area contributed by atoms with Gasteiger partial charge in [0, 0.05) is 38.6 Å². The normalized spacial score (nSPS) is 20.1. The molecule has 5 nitrogen and oxygen atoms in total. The van der Waals surface area contributed by atoms with Crippen molar-refractivity contribution in [1.82, 2.24) is 10.2 Å². The van der Waals surface area contributed by atoms with E-state index in [0.29, 0.717) is 13.2 Å². The van der Waals surface area contributed by atoms with E-state index in [1.807, 2.05) is 18.2 Å². The number of hydrogen-bond donors (Lipinski definition) is 1. The van der Waals surface area contributed by atoms with Gasteiger partial charge in [0.05, 0.1) is 5.69 Å². The Kier molecular flexibility index (Phi) is 8.42. The Bertz CT molecular complexity index is 941. The van der Waals surface area contributed by atoms with Crippen LogP contribution in [0.1, 0.15) is 50.0 Å². The van der Waals surface area contributed by atoms with Crippen LogP contribution < -0.4 is 19.7 Å². The van der Waals surface area contributed by atoms with Gasteiger partial charge in [-0.2, -0.15) is 0 Å². The van der Waals surface area contributed by atoms with Crippen LogP contribution in [-0.2, 0) is 0 Å². The second-order valence-corrected chi connectivity index (χ2v) is 10.3. The highest BCUT2D eigenvalue weighted by atomic mass is 19.1. The molecular weight excluding hydrogens is 441 g/mol. The highest BCUT2D eigenvalue weighted by Gasteiger charge is 2.25. The van der Waals surface area contributed by atoms with Crippen LogP contribution in [0.15, 0.2) is 42.5 Å². The van der Waals surface area contributed by atoms with Crippen LogP contribution in [0.25, 0.3) is 0 Å². The molecule has 0 bridgehead atoms. The van der Waals surface area contributed by atoms with Crippen molar-refractivity contribution in [2.24, 2.45) is 5.92 Å². The Morgan fingerprint density at radius 3 is 2.54 bits per heavy atom. The number of ether oxygens (including phenoxy) is 2. The standard InChI is InChI=1S/C29H40FN3O2/c30-26-10-5-4-9-25(26)24(22-31-21-23-7-2-1-3-8-23)13-14-32-15-17-33(18-16-32)27-11-6-12-28-29(27)35-20-19-34-28/h4-6,9-12,23-24,31H,1-3,7-8,13-22H2. The molecule has 35 heavy (non-hydrogen) atoms. The largest absolute Gasteiger partial charge is 0.486 e. The first-order valence-corrected chi connectivity index (χ1v) is 13.6. The molecule has 0 amide bonds. The third kappa shape index (κ3) is 6.28. The number of para-hydroxylation sites is 1. The lowest BCUT2D eigenvalue weighted by Gasteiger charge is -2.38. The summed E-state index contributed by atoms with van der Waals surface area (Å²) in [7, 11) is 0. The zero-order valence-corrected chi connectivity index (χ0v) is 20.9. The number of benzene rings is 2. The summed E-state index contributed by atoms with van der Waals surface area (Å²) in [6.07, 6.45) is 7.75. The second kappa shape index (κ2) is 12.1. The summed E-state index contributed by atoms with van der Waals surface area (Å²) in [5.41, 5.74) is 1.99. The molecule has 5 rings (SSSR count). The van der Waals surface area contributed by atoms with Crippen molar-refractivity contribution in [3.05, 3.63) is 53.8 Å². The van der Waals surface area contributed by atoms with Gasteiger partial charge in [-0.15, -0.1) is 0 Å². The summed E-state index contributed by atoms with van der Waals surface area (Å²) in [6.45, 7) is 8.06. The van der Waals surface area contributed by atoms with Crippen molar-refractivity contribution in [2.45, 2.75) is 44.4 Å². The minimum atomic E-state index is -0.0714. The Balaban J connectivity index is 1.15. The molecule has 1 saturated carbocycles. The highest BCUT2D eigenvalue weighted by Crippen LogP contribution is 2.39. The second-order valence-electron chi connectivity index (χ2n) is 10.3. The van der Waals surface area contributed by atoms with E-state index in [0.717, 1.165) is 80.9 Å². The van der Waals surface area contributed by atoms with E-state index >= 15 is 0 Å². The lowest BCUT2D eigenvalue weighted by atomic mass is 9.89. The molecule has 2 fully saturated rings. The quantitative estimate of drug-likeness (QED) is 0.542. The topological polar surface area (TPSA) is 37.0 Å². The monoisotopic (exact) mass is 481 g/mol.